The first kappa shape index (κ1) is 14.3. The van der Waals surface area contributed by atoms with Crippen LogP contribution in [0.4, 0.5) is 0 Å². The molecular weight excluding hydrogens is 304 g/mol. The zero-order valence-corrected chi connectivity index (χ0v) is 12.9. The molecule has 3 aromatic carbocycles. The number of ether oxygens (including phenoxy) is 1. The number of phenolic OH excluding ortho intramolecular Hbond substituents is 1. The summed E-state index contributed by atoms with van der Waals surface area (Å²) in [5.41, 5.74) is 2.48. The third-order valence-corrected chi connectivity index (χ3v) is 4.06. The number of H-pyrrole nitrogens is 1. The van der Waals surface area contributed by atoms with Gasteiger partial charge in [0.25, 0.3) is 0 Å². The Labute approximate surface area is 137 Å². The molecule has 1 heterocycles. The Bertz CT molecular complexity index is 1080. The molecule has 0 bridgehead atoms. The third kappa shape index (κ3) is 2.18. The number of imidazole rings is 1. The van der Waals surface area contributed by atoms with Gasteiger partial charge >= 0.3 is 5.97 Å². The zero-order valence-electron chi connectivity index (χ0n) is 12.9. The number of hydrogen-bond acceptors (Lipinski definition) is 4. The largest absolute Gasteiger partial charge is 0.507 e. The Morgan fingerprint density at radius 1 is 1.12 bits per heavy atom. The molecule has 0 saturated carbocycles. The van der Waals surface area contributed by atoms with Crippen molar-refractivity contribution in [2.75, 3.05) is 7.11 Å². The summed E-state index contributed by atoms with van der Waals surface area (Å²) in [7, 11) is 1.35. The molecular formula is C19H14N2O3. The number of carbonyl (C=O) groups is 1. The molecule has 0 spiro atoms. The van der Waals surface area contributed by atoms with Crippen molar-refractivity contribution in [1.29, 1.82) is 0 Å². The van der Waals surface area contributed by atoms with E-state index >= 15 is 0 Å². The molecule has 0 unspecified atom stereocenters. The Morgan fingerprint density at radius 3 is 2.79 bits per heavy atom. The summed E-state index contributed by atoms with van der Waals surface area (Å²) in [5.74, 6) is 0.331. The van der Waals surface area contributed by atoms with Crippen LogP contribution in [0.1, 0.15) is 10.4 Å². The van der Waals surface area contributed by atoms with Crippen LogP contribution in [0.15, 0.2) is 54.6 Å². The molecule has 0 amide bonds. The predicted octanol–water partition coefficient (Wildman–Crippen LogP) is 3.88. The zero-order chi connectivity index (χ0) is 16.7. The molecule has 0 saturated heterocycles. The van der Waals surface area contributed by atoms with Crippen molar-refractivity contribution in [2.45, 2.75) is 0 Å². The van der Waals surface area contributed by atoms with Crippen molar-refractivity contribution in [3.63, 3.8) is 0 Å². The second-order valence-corrected chi connectivity index (χ2v) is 5.49. The van der Waals surface area contributed by atoms with Gasteiger partial charge in [-0.2, -0.15) is 0 Å². The van der Waals surface area contributed by atoms with Gasteiger partial charge in [-0.25, -0.2) is 9.78 Å². The van der Waals surface area contributed by atoms with Gasteiger partial charge in [0, 0.05) is 5.39 Å². The summed E-state index contributed by atoms with van der Waals surface area (Å²) < 4.78 is 4.73. The standard InChI is InChI=1S/C19H14N2O3/c1-24-19(23)12-7-9-15-16(10-12)21-18(20-15)14-8-6-11-4-2-3-5-13(11)17(14)22/h2-10,22H,1H3,(H,20,21). The van der Waals surface area contributed by atoms with E-state index in [1.807, 2.05) is 36.4 Å². The second-order valence-electron chi connectivity index (χ2n) is 5.49. The van der Waals surface area contributed by atoms with Gasteiger partial charge in [0.1, 0.15) is 11.6 Å². The Kier molecular flexibility index (Phi) is 3.20. The van der Waals surface area contributed by atoms with Crippen molar-refractivity contribution < 1.29 is 14.6 Å². The Balaban J connectivity index is 1.87. The number of nitrogens with zero attached hydrogens (tertiary/aromatic N) is 1. The number of phenols is 1. The highest BCUT2D eigenvalue weighted by molar-refractivity contribution is 5.96. The van der Waals surface area contributed by atoms with E-state index in [9.17, 15) is 9.90 Å². The smallest absolute Gasteiger partial charge is 0.337 e. The molecule has 0 atom stereocenters. The van der Waals surface area contributed by atoms with Crippen molar-refractivity contribution >= 4 is 27.8 Å². The van der Waals surface area contributed by atoms with Gasteiger partial charge in [0.15, 0.2) is 0 Å². The van der Waals surface area contributed by atoms with E-state index in [-0.39, 0.29) is 5.75 Å². The van der Waals surface area contributed by atoms with Crippen LogP contribution >= 0.6 is 0 Å². The van der Waals surface area contributed by atoms with E-state index < -0.39 is 5.97 Å². The number of carbonyl (C=O) groups excluding carboxylic acids is 1. The first-order valence-corrected chi connectivity index (χ1v) is 7.46. The quantitative estimate of drug-likeness (QED) is 0.550. The summed E-state index contributed by atoms with van der Waals surface area (Å²) in [5, 5.41) is 12.3. The van der Waals surface area contributed by atoms with Crippen LogP contribution in [-0.4, -0.2) is 28.2 Å². The maximum Gasteiger partial charge on any atom is 0.337 e. The summed E-state index contributed by atoms with van der Waals surface area (Å²) in [6.07, 6.45) is 0. The fraction of sp³-hybridized carbons (Fsp3) is 0.0526. The number of nitrogens with one attached hydrogen (secondary N) is 1. The molecule has 0 fully saturated rings. The molecule has 0 aliphatic rings. The van der Waals surface area contributed by atoms with E-state index in [1.165, 1.54) is 7.11 Å². The maximum atomic E-state index is 11.6. The molecule has 118 valence electrons. The Hall–Kier alpha value is -3.34. The number of benzene rings is 3. The van der Waals surface area contributed by atoms with Gasteiger partial charge in [-0.15, -0.1) is 0 Å². The van der Waals surface area contributed by atoms with Gasteiger partial charge in [-0.05, 0) is 29.7 Å². The van der Waals surface area contributed by atoms with E-state index in [1.54, 1.807) is 18.2 Å². The lowest BCUT2D eigenvalue weighted by Crippen LogP contribution is -2.00. The highest BCUT2D eigenvalue weighted by atomic mass is 16.5. The monoisotopic (exact) mass is 318 g/mol. The van der Waals surface area contributed by atoms with Gasteiger partial charge in [0.05, 0.1) is 29.3 Å². The van der Waals surface area contributed by atoms with Crippen molar-refractivity contribution in [3.8, 4) is 17.1 Å². The van der Waals surface area contributed by atoms with E-state index in [4.69, 9.17) is 4.74 Å². The molecule has 0 aliphatic carbocycles. The van der Waals surface area contributed by atoms with E-state index in [0.29, 0.717) is 28.0 Å². The molecule has 2 N–H and O–H groups in total. The molecule has 5 nitrogen and oxygen atoms in total. The fourth-order valence-corrected chi connectivity index (χ4v) is 2.83. The van der Waals surface area contributed by atoms with Crippen LogP contribution in [0.3, 0.4) is 0 Å². The summed E-state index contributed by atoms with van der Waals surface area (Å²) in [6, 6.07) is 16.5. The number of hydrogen-bond donors (Lipinski definition) is 2. The average Bonchev–Trinajstić information content (AvgIpc) is 3.04. The third-order valence-electron chi connectivity index (χ3n) is 4.06. The topological polar surface area (TPSA) is 75.2 Å². The van der Waals surface area contributed by atoms with Crippen LogP contribution in [0.2, 0.25) is 0 Å². The van der Waals surface area contributed by atoms with Crippen LogP contribution in [-0.2, 0) is 4.74 Å². The SMILES string of the molecule is COC(=O)c1ccc2nc(-c3ccc4ccccc4c3O)[nH]c2c1. The highest BCUT2D eigenvalue weighted by Crippen LogP contribution is 2.35. The molecule has 0 radical (unpaired) electrons. The summed E-state index contributed by atoms with van der Waals surface area (Å²) in [6.45, 7) is 0. The van der Waals surface area contributed by atoms with Crippen LogP contribution in [0, 0.1) is 0 Å². The number of aromatic hydroxyl groups is 1. The van der Waals surface area contributed by atoms with Gasteiger partial charge in [0.2, 0.25) is 0 Å². The van der Waals surface area contributed by atoms with Crippen LogP contribution in [0.5, 0.6) is 5.75 Å². The fourth-order valence-electron chi connectivity index (χ4n) is 2.83. The molecule has 0 aliphatic heterocycles. The minimum atomic E-state index is -0.401. The lowest BCUT2D eigenvalue weighted by molar-refractivity contribution is 0.0601. The van der Waals surface area contributed by atoms with Gasteiger partial charge < -0.3 is 14.8 Å². The lowest BCUT2D eigenvalue weighted by atomic mass is 10.1. The first-order chi connectivity index (χ1) is 11.7. The summed E-state index contributed by atoms with van der Waals surface area (Å²) in [4.78, 5) is 19.3. The molecule has 1 aromatic heterocycles. The minimum Gasteiger partial charge on any atom is -0.507 e. The molecule has 4 aromatic rings. The number of aromatic nitrogens is 2. The van der Waals surface area contributed by atoms with Gasteiger partial charge in [-0.3, -0.25) is 0 Å². The lowest BCUT2D eigenvalue weighted by Gasteiger charge is -2.05. The van der Waals surface area contributed by atoms with E-state index in [2.05, 4.69) is 9.97 Å². The van der Waals surface area contributed by atoms with Gasteiger partial charge in [-0.1, -0.05) is 30.3 Å². The molecule has 24 heavy (non-hydrogen) atoms. The van der Waals surface area contributed by atoms with Crippen molar-refractivity contribution in [1.82, 2.24) is 9.97 Å². The average molecular weight is 318 g/mol. The highest BCUT2D eigenvalue weighted by Gasteiger charge is 2.14. The van der Waals surface area contributed by atoms with Crippen LogP contribution < -0.4 is 0 Å². The molecule has 4 rings (SSSR count). The number of aromatic amines is 1. The number of esters is 1. The van der Waals surface area contributed by atoms with Crippen molar-refractivity contribution in [3.05, 3.63) is 60.2 Å². The maximum absolute atomic E-state index is 11.6. The Morgan fingerprint density at radius 2 is 1.96 bits per heavy atom. The number of fused-ring (bicyclic) bond motifs is 2. The normalized spacial score (nSPS) is 11.0. The first-order valence-electron chi connectivity index (χ1n) is 7.46. The molecule has 5 heteroatoms. The van der Waals surface area contributed by atoms with Crippen molar-refractivity contribution in [2.24, 2.45) is 0 Å². The second kappa shape index (κ2) is 5.38. The van der Waals surface area contributed by atoms with Crippen LogP contribution in [0.25, 0.3) is 33.2 Å². The minimum absolute atomic E-state index is 0.181. The summed E-state index contributed by atoms with van der Waals surface area (Å²) >= 11 is 0. The number of rotatable bonds is 2. The predicted molar refractivity (Wildman–Crippen MR) is 92.0 cm³/mol. The van der Waals surface area contributed by atoms with E-state index in [0.717, 1.165) is 10.8 Å². The number of methoxy groups -OCH3 is 1.